The van der Waals surface area contributed by atoms with Gasteiger partial charge in [0.1, 0.15) is 5.75 Å². The summed E-state index contributed by atoms with van der Waals surface area (Å²) in [6, 6.07) is 5.19. The van der Waals surface area contributed by atoms with Crippen LogP contribution in [0.3, 0.4) is 0 Å². The van der Waals surface area contributed by atoms with Crippen LogP contribution in [0.1, 0.15) is 30.1 Å². The van der Waals surface area contributed by atoms with Crippen molar-refractivity contribution in [3.8, 4) is 5.75 Å². The van der Waals surface area contributed by atoms with E-state index < -0.39 is 0 Å². The standard InChI is InChI=1S/C15H18ClNO2/c1-3-15-7-10(15)8-17(9-15)14(18)12-6-11(16)4-5-13(12)19-2/h4-6,10H,3,7-9H2,1-2H3. The summed E-state index contributed by atoms with van der Waals surface area (Å²) in [5.74, 6) is 1.34. The Labute approximate surface area is 118 Å². The number of amides is 1. The lowest BCUT2D eigenvalue weighted by Crippen LogP contribution is -2.32. The predicted molar refractivity (Wildman–Crippen MR) is 74.7 cm³/mol. The molecule has 1 aromatic carbocycles. The zero-order chi connectivity index (χ0) is 13.6. The number of ether oxygens (including phenoxy) is 1. The molecular formula is C15H18ClNO2. The van der Waals surface area contributed by atoms with Gasteiger partial charge in [-0.25, -0.2) is 0 Å². The van der Waals surface area contributed by atoms with Gasteiger partial charge >= 0.3 is 0 Å². The van der Waals surface area contributed by atoms with E-state index in [9.17, 15) is 4.79 Å². The first-order chi connectivity index (χ1) is 9.09. The highest BCUT2D eigenvalue weighted by atomic mass is 35.5. The van der Waals surface area contributed by atoms with E-state index in [2.05, 4.69) is 6.92 Å². The summed E-state index contributed by atoms with van der Waals surface area (Å²) in [6.45, 7) is 3.97. The number of methoxy groups -OCH3 is 1. The zero-order valence-electron chi connectivity index (χ0n) is 11.3. The Kier molecular flexibility index (Phi) is 2.97. The lowest BCUT2D eigenvalue weighted by atomic mass is 10.0. The number of piperidine rings is 1. The molecule has 1 aromatic rings. The molecule has 0 N–H and O–H groups in total. The van der Waals surface area contributed by atoms with Crippen molar-refractivity contribution in [2.24, 2.45) is 11.3 Å². The number of hydrogen-bond acceptors (Lipinski definition) is 2. The van der Waals surface area contributed by atoms with Crippen LogP contribution in [0.15, 0.2) is 18.2 Å². The van der Waals surface area contributed by atoms with Crippen LogP contribution in [0.4, 0.5) is 0 Å². The first-order valence-corrected chi connectivity index (χ1v) is 7.10. The average Bonchev–Trinajstić information content (AvgIpc) is 2.99. The lowest BCUT2D eigenvalue weighted by Gasteiger charge is -2.21. The highest BCUT2D eigenvalue weighted by Gasteiger charge is 2.59. The summed E-state index contributed by atoms with van der Waals surface area (Å²) in [7, 11) is 1.58. The van der Waals surface area contributed by atoms with Crippen LogP contribution < -0.4 is 4.74 Å². The van der Waals surface area contributed by atoms with Crippen LogP contribution in [-0.4, -0.2) is 31.0 Å². The summed E-state index contributed by atoms with van der Waals surface area (Å²) >= 11 is 5.99. The van der Waals surface area contributed by atoms with Gasteiger partial charge in [-0.15, -0.1) is 0 Å². The summed E-state index contributed by atoms with van der Waals surface area (Å²) in [5.41, 5.74) is 0.976. The predicted octanol–water partition coefficient (Wildman–Crippen LogP) is 3.22. The van der Waals surface area contributed by atoms with E-state index in [-0.39, 0.29) is 5.91 Å². The molecule has 0 radical (unpaired) electrons. The van der Waals surface area contributed by atoms with Gasteiger partial charge in [-0.3, -0.25) is 4.79 Å². The summed E-state index contributed by atoms with van der Waals surface area (Å²) in [5, 5.41) is 0.568. The van der Waals surface area contributed by atoms with Crippen LogP contribution in [0, 0.1) is 11.3 Å². The number of rotatable bonds is 3. The van der Waals surface area contributed by atoms with Crippen molar-refractivity contribution in [1.82, 2.24) is 4.90 Å². The Morgan fingerprint density at radius 1 is 1.58 bits per heavy atom. The van der Waals surface area contributed by atoms with Crippen LogP contribution in [-0.2, 0) is 0 Å². The fourth-order valence-corrected chi connectivity index (χ4v) is 3.48. The largest absolute Gasteiger partial charge is 0.496 e. The Morgan fingerprint density at radius 3 is 3.00 bits per heavy atom. The van der Waals surface area contributed by atoms with Gasteiger partial charge in [-0.05, 0) is 42.4 Å². The van der Waals surface area contributed by atoms with Crippen molar-refractivity contribution in [1.29, 1.82) is 0 Å². The second-order valence-corrected chi connectivity index (χ2v) is 6.08. The summed E-state index contributed by atoms with van der Waals surface area (Å²) < 4.78 is 5.26. The van der Waals surface area contributed by atoms with E-state index >= 15 is 0 Å². The molecule has 102 valence electrons. The third-order valence-electron chi connectivity index (χ3n) is 4.69. The smallest absolute Gasteiger partial charge is 0.257 e. The molecule has 0 aromatic heterocycles. The molecule has 1 aliphatic heterocycles. The van der Waals surface area contributed by atoms with Crippen LogP contribution in [0.2, 0.25) is 5.02 Å². The molecule has 1 saturated carbocycles. The van der Waals surface area contributed by atoms with Crippen molar-refractivity contribution in [3.63, 3.8) is 0 Å². The zero-order valence-corrected chi connectivity index (χ0v) is 12.0. The van der Waals surface area contributed by atoms with Crippen molar-refractivity contribution in [2.75, 3.05) is 20.2 Å². The lowest BCUT2D eigenvalue weighted by molar-refractivity contribution is 0.0760. The second kappa shape index (κ2) is 4.41. The second-order valence-electron chi connectivity index (χ2n) is 5.65. The highest BCUT2D eigenvalue weighted by molar-refractivity contribution is 6.31. The molecule has 0 bridgehead atoms. The molecule has 3 rings (SSSR count). The normalized spacial score (nSPS) is 28.2. The van der Waals surface area contributed by atoms with E-state index in [1.54, 1.807) is 25.3 Å². The van der Waals surface area contributed by atoms with Crippen molar-refractivity contribution in [2.45, 2.75) is 19.8 Å². The van der Waals surface area contributed by atoms with Crippen LogP contribution in [0.25, 0.3) is 0 Å². The van der Waals surface area contributed by atoms with E-state index in [1.165, 1.54) is 6.42 Å². The highest BCUT2D eigenvalue weighted by Crippen LogP contribution is 2.60. The topological polar surface area (TPSA) is 29.5 Å². The number of likely N-dealkylation sites (tertiary alicyclic amines) is 1. The SMILES string of the molecule is CCC12CC1CN(C(=O)c1cc(Cl)ccc1OC)C2. The fourth-order valence-electron chi connectivity index (χ4n) is 3.31. The molecule has 2 unspecified atom stereocenters. The molecule has 1 amide bonds. The van der Waals surface area contributed by atoms with Crippen LogP contribution >= 0.6 is 11.6 Å². The minimum Gasteiger partial charge on any atom is -0.496 e. The van der Waals surface area contributed by atoms with E-state index in [1.807, 2.05) is 4.90 Å². The maximum Gasteiger partial charge on any atom is 0.257 e. The van der Waals surface area contributed by atoms with Crippen LogP contribution in [0.5, 0.6) is 5.75 Å². The molecule has 3 nitrogen and oxygen atoms in total. The van der Waals surface area contributed by atoms with Crippen molar-refractivity contribution >= 4 is 17.5 Å². The van der Waals surface area contributed by atoms with Gasteiger partial charge in [-0.2, -0.15) is 0 Å². The molecule has 1 heterocycles. The number of fused-ring (bicyclic) bond motifs is 1. The maximum absolute atomic E-state index is 12.6. The minimum absolute atomic E-state index is 0.0411. The Hall–Kier alpha value is -1.22. The third-order valence-corrected chi connectivity index (χ3v) is 4.92. The molecule has 2 atom stereocenters. The van der Waals surface area contributed by atoms with E-state index in [0.717, 1.165) is 19.5 Å². The number of nitrogens with zero attached hydrogens (tertiary/aromatic N) is 1. The van der Waals surface area contributed by atoms with E-state index in [4.69, 9.17) is 16.3 Å². The molecule has 2 fully saturated rings. The van der Waals surface area contributed by atoms with Gasteiger partial charge in [0.15, 0.2) is 0 Å². The molecule has 4 heteroatoms. The minimum atomic E-state index is 0.0411. The number of carbonyl (C=O) groups excluding carboxylic acids is 1. The summed E-state index contributed by atoms with van der Waals surface area (Å²) in [4.78, 5) is 14.5. The first kappa shape index (κ1) is 12.8. The Morgan fingerprint density at radius 2 is 2.37 bits per heavy atom. The molecule has 1 aliphatic carbocycles. The molecule has 2 aliphatic rings. The van der Waals surface area contributed by atoms with Gasteiger partial charge in [-0.1, -0.05) is 18.5 Å². The summed E-state index contributed by atoms with van der Waals surface area (Å²) in [6.07, 6.45) is 2.44. The van der Waals surface area contributed by atoms with Gasteiger partial charge in [0.05, 0.1) is 12.7 Å². The molecule has 1 saturated heterocycles. The Bertz CT molecular complexity index is 527. The fraction of sp³-hybridized carbons (Fsp3) is 0.533. The maximum atomic E-state index is 12.6. The number of hydrogen-bond donors (Lipinski definition) is 0. The Balaban J connectivity index is 1.83. The number of benzene rings is 1. The number of carbonyl (C=O) groups is 1. The number of halogens is 1. The van der Waals surface area contributed by atoms with Gasteiger partial charge in [0, 0.05) is 18.1 Å². The monoisotopic (exact) mass is 279 g/mol. The van der Waals surface area contributed by atoms with Crippen molar-refractivity contribution in [3.05, 3.63) is 28.8 Å². The van der Waals surface area contributed by atoms with Gasteiger partial charge in [0.2, 0.25) is 0 Å². The molecular weight excluding hydrogens is 262 g/mol. The van der Waals surface area contributed by atoms with E-state index in [0.29, 0.717) is 27.7 Å². The molecule has 0 spiro atoms. The van der Waals surface area contributed by atoms with Gasteiger partial charge < -0.3 is 9.64 Å². The quantitative estimate of drug-likeness (QED) is 0.850. The average molecular weight is 280 g/mol. The van der Waals surface area contributed by atoms with Crippen molar-refractivity contribution < 1.29 is 9.53 Å². The molecule has 19 heavy (non-hydrogen) atoms. The first-order valence-electron chi connectivity index (χ1n) is 6.72. The third kappa shape index (κ3) is 2.00. The van der Waals surface area contributed by atoms with Gasteiger partial charge in [0.25, 0.3) is 5.91 Å².